The van der Waals surface area contributed by atoms with Crippen LogP contribution in [-0.4, -0.2) is 18.9 Å². The Morgan fingerprint density at radius 2 is 1.78 bits per heavy atom. The molecule has 2 N–H and O–H groups in total. The van der Waals surface area contributed by atoms with Crippen molar-refractivity contribution >= 4 is 11.8 Å². The smallest absolute Gasteiger partial charge is 0.251 e. The summed E-state index contributed by atoms with van der Waals surface area (Å²) < 4.78 is 0. The summed E-state index contributed by atoms with van der Waals surface area (Å²) in [6.45, 7) is 4.52. The summed E-state index contributed by atoms with van der Waals surface area (Å²) in [6, 6.07) is 7.20. The van der Waals surface area contributed by atoms with Crippen LogP contribution >= 0.6 is 0 Å². The maximum Gasteiger partial charge on any atom is 0.251 e. The topological polar surface area (TPSA) is 58.2 Å². The fourth-order valence-electron chi connectivity index (χ4n) is 1.56. The molecule has 0 aliphatic rings. The van der Waals surface area contributed by atoms with Gasteiger partial charge in [-0.1, -0.05) is 26.0 Å². The summed E-state index contributed by atoms with van der Waals surface area (Å²) in [4.78, 5) is 22.8. The van der Waals surface area contributed by atoms with Gasteiger partial charge in [-0.25, -0.2) is 0 Å². The van der Waals surface area contributed by atoms with E-state index >= 15 is 0 Å². The predicted molar refractivity (Wildman–Crippen MR) is 71.1 cm³/mol. The van der Waals surface area contributed by atoms with Gasteiger partial charge in [-0.05, 0) is 23.6 Å². The molecular formula is C14H20N2O2. The molecule has 1 aromatic rings. The number of carbonyl (C=O) groups is 2. The molecule has 4 heteroatoms. The van der Waals surface area contributed by atoms with E-state index in [9.17, 15) is 9.59 Å². The molecule has 1 rings (SSSR count). The molecule has 0 spiro atoms. The summed E-state index contributed by atoms with van der Waals surface area (Å²) in [6.07, 6.45) is 0.538. The zero-order chi connectivity index (χ0) is 13.5. The third-order valence-corrected chi connectivity index (χ3v) is 2.53. The third kappa shape index (κ3) is 4.57. The van der Waals surface area contributed by atoms with Crippen LogP contribution in [-0.2, 0) is 11.3 Å². The van der Waals surface area contributed by atoms with Crippen molar-refractivity contribution in [3.8, 4) is 0 Å². The highest BCUT2D eigenvalue weighted by Gasteiger charge is 2.05. The van der Waals surface area contributed by atoms with Crippen molar-refractivity contribution in [2.75, 3.05) is 7.05 Å². The SMILES string of the molecule is CNC(=O)c1ccc(CNC(=O)CC(C)C)cc1. The molecule has 0 radical (unpaired) electrons. The Kier molecular flexibility index (Phi) is 5.36. The van der Waals surface area contributed by atoms with Gasteiger partial charge in [-0.15, -0.1) is 0 Å². The molecule has 18 heavy (non-hydrogen) atoms. The van der Waals surface area contributed by atoms with Gasteiger partial charge in [0.15, 0.2) is 0 Å². The van der Waals surface area contributed by atoms with E-state index < -0.39 is 0 Å². The number of rotatable bonds is 5. The first kappa shape index (κ1) is 14.2. The van der Waals surface area contributed by atoms with Crippen LogP contribution in [0.15, 0.2) is 24.3 Å². The molecule has 0 heterocycles. The van der Waals surface area contributed by atoms with Crippen LogP contribution in [0.2, 0.25) is 0 Å². The Labute approximate surface area is 108 Å². The molecule has 0 bridgehead atoms. The van der Waals surface area contributed by atoms with Crippen LogP contribution in [0.25, 0.3) is 0 Å². The molecule has 2 amide bonds. The van der Waals surface area contributed by atoms with Crippen molar-refractivity contribution in [2.45, 2.75) is 26.8 Å². The zero-order valence-corrected chi connectivity index (χ0v) is 11.1. The highest BCUT2D eigenvalue weighted by molar-refractivity contribution is 5.93. The minimum absolute atomic E-state index is 0.0559. The van der Waals surface area contributed by atoms with Crippen LogP contribution in [0.5, 0.6) is 0 Å². The second-order valence-corrected chi connectivity index (χ2v) is 4.65. The van der Waals surface area contributed by atoms with Gasteiger partial charge in [-0.2, -0.15) is 0 Å². The van der Waals surface area contributed by atoms with E-state index in [-0.39, 0.29) is 11.8 Å². The molecule has 0 atom stereocenters. The van der Waals surface area contributed by atoms with E-state index in [2.05, 4.69) is 10.6 Å². The first-order chi connectivity index (χ1) is 8.52. The first-order valence-electron chi connectivity index (χ1n) is 6.10. The molecule has 0 fully saturated rings. The van der Waals surface area contributed by atoms with Gasteiger partial charge in [0.2, 0.25) is 5.91 Å². The van der Waals surface area contributed by atoms with Crippen LogP contribution in [0.3, 0.4) is 0 Å². The Bertz CT molecular complexity index is 410. The Hall–Kier alpha value is -1.84. The fourth-order valence-corrected chi connectivity index (χ4v) is 1.56. The zero-order valence-electron chi connectivity index (χ0n) is 11.1. The van der Waals surface area contributed by atoms with Crippen molar-refractivity contribution in [3.05, 3.63) is 35.4 Å². The maximum absolute atomic E-state index is 11.5. The second-order valence-electron chi connectivity index (χ2n) is 4.65. The van der Waals surface area contributed by atoms with Crippen LogP contribution in [0.4, 0.5) is 0 Å². The molecule has 0 unspecified atom stereocenters. The molecule has 0 aliphatic carbocycles. The lowest BCUT2D eigenvalue weighted by Gasteiger charge is -2.07. The average Bonchev–Trinajstić information content (AvgIpc) is 2.35. The molecule has 98 valence electrons. The van der Waals surface area contributed by atoms with Crippen molar-refractivity contribution in [1.29, 1.82) is 0 Å². The number of hydrogen-bond acceptors (Lipinski definition) is 2. The summed E-state index contributed by atoms with van der Waals surface area (Å²) >= 11 is 0. The van der Waals surface area contributed by atoms with E-state index in [4.69, 9.17) is 0 Å². The summed E-state index contributed by atoms with van der Waals surface area (Å²) in [5, 5.41) is 5.42. The Balaban J connectivity index is 2.49. The van der Waals surface area contributed by atoms with Crippen molar-refractivity contribution in [2.24, 2.45) is 5.92 Å². The standard InChI is InChI=1S/C14H20N2O2/c1-10(2)8-13(17)16-9-11-4-6-12(7-5-11)14(18)15-3/h4-7,10H,8-9H2,1-3H3,(H,15,18)(H,16,17). The fraction of sp³-hybridized carbons (Fsp3) is 0.429. The van der Waals surface area contributed by atoms with Crippen molar-refractivity contribution in [3.63, 3.8) is 0 Å². The predicted octanol–water partition coefficient (Wildman–Crippen LogP) is 1.71. The molecule has 0 saturated carbocycles. The van der Waals surface area contributed by atoms with Gasteiger partial charge < -0.3 is 10.6 Å². The summed E-state index contributed by atoms with van der Waals surface area (Å²) in [5.74, 6) is 0.311. The minimum atomic E-state index is -0.106. The average molecular weight is 248 g/mol. The maximum atomic E-state index is 11.5. The van der Waals surface area contributed by atoms with Crippen LogP contribution in [0, 0.1) is 5.92 Å². The second kappa shape index (κ2) is 6.79. The Morgan fingerprint density at radius 1 is 1.17 bits per heavy atom. The summed E-state index contributed by atoms with van der Waals surface area (Å²) in [7, 11) is 1.60. The lowest BCUT2D eigenvalue weighted by Crippen LogP contribution is -2.24. The molecule has 0 saturated heterocycles. The van der Waals surface area contributed by atoms with E-state index in [0.717, 1.165) is 5.56 Å². The molecule has 0 aliphatic heterocycles. The number of amides is 2. The van der Waals surface area contributed by atoms with Gasteiger partial charge in [0.25, 0.3) is 5.91 Å². The van der Waals surface area contributed by atoms with Gasteiger partial charge in [0.05, 0.1) is 0 Å². The lowest BCUT2D eigenvalue weighted by molar-refractivity contribution is -0.121. The van der Waals surface area contributed by atoms with Gasteiger partial charge in [0, 0.05) is 25.6 Å². The molecule has 0 aromatic heterocycles. The number of nitrogens with one attached hydrogen (secondary N) is 2. The van der Waals surface area contributed by atoms with Gasteiger partial charge >= 0.3 is 0 Å². The first-order valence-corrected chi connectivity index (χ1v) is 6.10. The Morgan fingerprint density at radius 3 is 2.28 bits per heavy atom. The molecule has 4 nitrogen and oxygen atoms in total. The number of carbonyl (C=O) groups excluding carboxylic acids is 2. The van der Waals surface area contributed by atoms with E-state index in [1.807, 2.05) is 26.0 Å². The number of hydrogen-bond donors (Lipinski definition) is 2. The minimum Gasteiger partial charge on any atom is -0.355 e. The monoisotopic (exact) mass is 248 g/mol. The summed E-state index contributed by atoms with van der Waals surface area (Å²) in [5.41, 5.74) is 1.61. The highest BCUT2D eigenvalue weighted by atomic mass is 16.2. The van der Waals surface area contributed by atoms with Gasteiger partial charge in [-0.3, -0.25) is 9.59 Å². The van der Waals surface area contributed by atoms with Crippen LogP contribution in [0.1, 0.15) is 36.2 Å². The third-order valence-electron chi connectivity index (χ3n) is 2.53. The van der Waals surface area contributed by atoms with Crippen LogP contribution < -0.4 is 10.6 Å². The van der Waals surface area contributed by atoms with Crippen molar-refractivity contribution < 1.29 is 9.59 Å². The quantitative estimate of drug-likeness (QED) is 0.833. The van der Waals surface area contributed by atoms with E-state index in [1.54, 1.807) is 19.2 Å². The lowest BCUT2D eigenvalue weighted by atomic mass is 10.1. The van der Waals surface area contributed by atoms with E-state index in [0.29, 0.717) is 24.4 Å². The molecule has 1 aromatic carbocycles. The molecular weight excluding hydrogens is 228 g/mol. The normalized spacial score (nSPS) is 10.2. The highest BCUT2D eigenvalue weighted by Crippen LogP contribution is 2.05. The largest absolute Gasteiger partial charge is 0.355 e. The van der Waals surface area contributed by atoms with Crippen molar-refractivity contribution in [1.82, 2.24) is 10.6 Å². The van der Waals surface area contributed by atoms with Gasteiger partial charge in [0.1, 0.15) is 0 Å². The number of benzene rings is 1. The van der Waals surface area contributed by atoms with E-state index in [1.165, 1.54) is 0 Å².